The number of aromatic nitrogens is 1. The summed E-state index contributed by atoms with van der Waals surface area (Å²) in [5, 5.41) is 3.35. The minimum atomic E-state index is 0.441. The maximum atomic E-state index is 5.63. The lowest BCUT2D eigenvalue weighted by Gasteiger charge is -1.97. The normalized spacial score (nSPS) is 10.0. The Morgan fingerprint density at radius 3 is 3.00 bits per heavy atom. The molecule has 0 radical (unpaired) electrons. The molecular formula is C11H11N3OS. The van der Waals surface area contributed by atoms with Crippen LogP contribution in [0.1, 0.15) is 4.88 Å². The number of hydrogen-bond donors (Lipinski definition) is 1. The van der Waals surface area contributed by atoms with Gasteiger partial charge in [-0.2, -0.15) is 0 Å². The van der Waals surface area contributed by atoms with Crippen LogP contribution in [-0.2, 0) is 11.4 Å². The number of thiophene rings is 1. The Morgan fingerprint density at radius 1 is 1.38 bits per heavy atom. The van der Waals surface area contributed by atoms with E-state index in [1.807, 2.05) is 24.3 Å². The SMILES string of the molecule is C=NOCc1ccc(-c2cccc(N)n2)s1. The first-order valence-electron chi connectivity index (χ1n) is 4.69. The molecule has 2 heterocycles. The summed E-state index contributed by atoms with van der Waals surface area (Å²) in [7, 11) is 0. The summed E-state index contributed by atoms with van der Waals surface area (Å²) in [5.41, 5.74) is 6.51. The highest BCUT2D eigenvalue weighted by Crippen LogP contribution is 2.27. The van der Waals surface area contributed by atoms with Crippen molar-refractivity contribution in [1.82, 2.24) is 4.98 Å². The van der Waals surface area contributed by atoms with Crippen molar-refractivity contribution in [2.75, 3.05) is 5.73 Å². The van der Waals surface area contributed by atoms with Gasteiger partial charge in [0, 0.05) is 11.6 Å². The lowest BCUT2D eigenvalue weighted by molar-refractivity contribution is 0.135. The molecule has 0 aliphatic rings. The first kappa shape index (κ1) is 10.6. The lowest BCUT2D eigenvalue weighted by Crippen LogP contribution is -1.89. The van der Waals surface area contributed by atoms with Gasteiger partial charge in [0.25, 0.3) is 0 Å². The Morgan fingerprint density at radius 2 is 2.25 bits per heavy atom. The van der Waals surface area contributed by atoms with Crippen LogP contribution >= 0.6 is 11.3 Å². The molecule has 4 nitrogen and oxygen atoms in total. The topological polar surface area (TPSA) is 60.5 Å². The first-order valence-corrected chi connectivity index (χ1v) is 5.51. The number of anilines is 1. The van der Waals surface area contributed by atoms with Gasteiger partial charge >= 0.3 is 0 Å². The van der Waals surface area contributed by atoms with Gasteiger partial charge in [-0.1, -0.05) is 6.07 Å². The number of pyridine rings is 1. The number of oxime groups is 1. The predicted molar refractivity (Wildman–Crippen MR) is 66.3 cm³/mol. The average Bonchev–Trinajstić information content (AvgIpc) is 2.75. The summed E-state index contributed by atoms with van der Waals surface area (Å²) in [6, 6.07) is 9.56. The van der Waals surface area contributed by atoms with Gasteiger partial charge in [-0.3, -0.25) is 0 Å². The van der Waals surface area contributed by atoms with Crippen LogP contribution in [0.3, 0.4) is 0 Å². The number of hydrogen-bond acceptors (Lipinski definition) is 5. The van der Waals surface area contributed by atoms with Crippen molar-refractivity contribution in [3.05, 3.63) is 35.2 Å². The molecule has 2 N–H and O–H groups in total. The van der Waals surface area contributed by atoms with Crippen LogP contribution < -0.4 is 5.73 Å². The van der Waals surface area contributed by atoms with Gasteiger partial charge in [0.05, 0.1) is 10.6 Å². The third-order valence-electron chi connectivity index (χ3n) is 1.98. The zero-order valence-corrected chi connectivity index (χ0v) is 9.41. The highest BCUT2D eigenvalue weighted by Gasteiger charge is 2.04. The maximum Gasteiger partial charge on any atom is 0.151 e. The number of nitrogens with zero attached hydrogens (tertiary/aromatic N) is 2. The standard InChI is InChI=1S/C11H11N3OS/c1-13-15-7-8-5-6-10(16-8)9-3-2-4-11(12)14-9/h2-6H,1,7H2,(H2,12,14). The van der Waals surface area contributed by atoms with Crippen molar-refractivity contribution < 1.29 is 4.84 Å². The molecule has 0 fully saturated rings. The third-order valence-corrected chi connectivity index (χ3v) is 3.06. The Kier molecular flexibility index (Phi) is 3.16. The second kappa shape index (κ2) is 4.76. The van der Waals surface area contributed by atoms with Gasteiger partial charge in [0.15, 0.2) is 6.61 Å². The molecule has 5 heteroatoms. The molecule has 16 heavy (non-hydrogen) atoms. The van der Waals surface area contributed by atoms with Crippen molar-refractivity contribution in [3.8, 4) is 10.6 Å². The van der Waals surface area contributed by atoms with Crippen LogP contribution in [0.25, 0.3) is 10.6 Å². The molecule has 0 bridgehead atoms. The largest absolute Gasteiger partial charge is 0.391 e. The number of nitrogens with two attached hydrogens (primary N) is 1. The Hall–Kier alpha value is -1.88. The summed E-state index contributed by atoms with van der Waals surface area (Å²) in [4.78, 5) is 11.3. The molecule has 0 amide bonds. The van der Waals surface area contributed by atoms with E-state index in [1.165, 1.54) is 0 Å². The minimum Gasteiger partial charge on any atom is -0.391 e. The molecule has 0 aromatic carbocycles. The molecule has 0 spiro atoms. The first-order chi connectivity index (χ1) is 7.79. The van der Waals surface area contributed by atoms with Gasteiger partial charge in [0.1, 0.15) is 5.82 Å². The van der Waals surface area contributed by atoms with Gasteiger partial charge in [-0.15, -0.1) is 16.5 Å². The van der Waals surface area contributed by atoms with E-state index in [-0.39, 0.29) is 0 Å². The Labute approximate surface area is 97.4 Å². The third kappa shape index (κ3) is 2.38. The zero-order chi connectivity index (χ0) is 11.4. The fourth-order valence-electron chi connectivity index (χ4n) is 1.29. The van der Waals surface area contributed by atoms with Crippen molar-refractivity contribution in [1.29, 1.82) is 0 Å². The molecule has 2 rings (SSSR count). The lowest BCUT2D eigenvalue weighted by atomic mass is 10.3. The van der Waals surface area contributed by atoms with Crippen LogP contribution in [0.5, 0.6) is 0 Å². The second-order valence-electron chi connectivity index (χ2n) is 3.12. The summed E-state index contributed by atoms with van der Waals surface area (Å²) in [6.45, 7) is 3.70. The second-order valence-corrected chi connectivity index (χ2v) is 4.28. The van der Waals surface area contributed by atoms with Crippen molar-refractivity contribution in [3.63, 3.8) is 0 Å². The molecule has 82 valence electrons. The minimum absolute atomic E-state index is 0.441. The van der Waals surface area contributed by atoms with Crippen LogP contribution in [0.2, 0.25) is 0 Å². The summed E-state index contributed by atoms with van der Waals surface area (Å²) in [5.74, 6) is 0.524. The molecule has 2 aromatic rings. The summed E-state index contributed by atoms with van der Waals surface area (Å²) < 4.78 is 0. The van der Waals surface area contributed by atoms with Crippen LogP contribution in [0, 0.1) is 0 Å². The van der Waals surface area contributed by atoms with E-state index in [0.29, 0.717) is 12.4 Å². The van der Waals surface area contributed by atoms with E-state index < -0.39 is 0 Å². The molecule has 2 aromatic heterocycles. The highest BCUT2D eigenvalue weighted by molar-refractivity contribution is 7.15. The van der Waals surface area contributed by atoms with E-state index in [1.54, 1.807) is 17.4 Å². The zero-order valence-electron chi connectivity index (χ0n) is 8.59. The monoisotopic (exact) mass is 233 g/mol. The maximum absolute atomic E-state index is 5.63. The van der Waals surface area contributed by atoms with Crippen molar-refractivity contribution in [2.24, 2.45) is 5.16 Å². The van der Waals surface area contributed by atoms with E-state index >= 15 is 0 Å². The fourth-order valence-corrected chi connectivity index (χ4v) is 2.18. The van der Waals surface area contributed by atoms with Crippen molar-refractivity contribution >= 4 is 23.9 Å². The predicted octanol–water partition coefficient (Wildman–Crippen LogP) is 2.52. The number of nitrogen functional groups attached to an aromatic ring is 1. The van der Waals surface area contributed by atoms with E-state index in [4.69, 9.17) is 10.6 Å². The molecule has 0 aliphatic carbocycles. The highest BCUT2D eigenvalue weighted by atomic mass is 32.1. The molecule has 0 atom stereocenters. The van der Waals surface area contributed by atoms with Gasteiger partial charge < -0.3 is 10.6 Å². The van der Waals surface area contributed by atoms with Gasteiger partial charge in [-0.05, 0) is 24.3 Å². The smallest absolute Gasteiger partial charge is 0.151 e. The molecule has 0 saturated heterocycles. The van der Waals surface area contributed by atoms with Gasteiger partial charge in [-0.25, -0.2) is 4.98 Å². The summed E-state index contributed by atoms with van der Waals surface area (Å²) in [6.07, 6.45) is 0. The average molecular weight is 233 g/mol. The molecule has 0 unspecified atom stereocenters. The fraction of sp³-hybridized carbons (Fsp3) is 0.0909. The van der Waals surface area contributed by atoms with E-state index in [0.717, 1.165) is 15.4 Å². The van der Waals surface area contributed by atoms with E-state index in [9.17, 15) is 0 Å². The van der Waals surface area contributed by atoms with Crippen molar-refractivity contribution in [2.45, 2.75) is 6.61 Å². The Balaban J connectivity index is 2.21. The molecule has 0 aliphatic heterocycles. The van der Waals surface area contributed by atoms with Crippen LogP contribution in [-0.4, -0.2) is 11.7 Å². The van der Waals surface area contributed by atoms with Crippen LogP contribution in [0.15, 0.2) is 35.5 Å². The quantitative estimate of drug-likeness (QED) is 0.652. The molecular weight excluding hydrogens is 222 g/mol. The summed E-state index contributed by atoms with van der Waals surface area (Å²) >= 11 is 1.60. The van der Waals surface area contributed by atoms with Crippen LogP contribution in [0.4, 0.5) is 5.82 Å². The van der Waals surface area contributed by atoms with E-state index in [2.05, 4.69) is 16.9 Å². The Bertz CT molecular complexity index is 495. The number of rotatable bonds is 4. The van der Waals surface area contributed by atoms with Gasteiger partial charge in [0.2, 0.25) is 0 Å². The molecule has 0 saturated carbocycles.